The van der Waals surface area contributed by atoms with Gasteiger partial charge in [-0.3, -0.25) is 9.59 Å². The molecule has 0 aliphatic carbocycles. The van der Waals surface area contributed by atoms with E-state index in [0.29, 0.717) is 5.56 Å². The first kappa shape index (κ1) is 20.9. The van der Waals surface area contributed by atoms with Gasteiger partial charge in [0.1, 0.15) is 12.1 Å². The minimum absolute atomic E-state index is 0.122. The highest BCUT2D eigenvalue weighted by Gasteiger charge is 2.42. The van der Waals surface area contributed by atoms with Crippen LogP contribution in [0.4, 0.5) is 0 Å². The Morgan fingerprint density at radius 2 is 1.70 bits per heavy atom. The summed E-state index contributed by atoms with van der Waals surface area (Å²) in [6.07, 6.45) is 0. The number of likely N-dealkylation sites (N-methyl/N-ethyl adjacent to an activating group) is 1. The maximum atomic E-state index is 13.0. The highest BCUT2D eigenvalue weighted by molar-refractivity contribution is 5.96. The topological polar surface area (TPSA) is 76.2 Å². The molecule has 2 atom stereocenters. The molecule has 1 heterocycles. The number of carbonyl (C=O) groups excluding carboxylic acids is 3. The minimum atomic E-state index is -0.651. The lowest BCUT2D eigenvalue weighted by Crippen LogP contribution is -2.63. The van der Waals surface area contributed by atoms with E-state index in [1.165, 1.54) is 12.0 Å². The van der Waals surface area contributed by atoms with Crippen molar-refractivity contribution in [3.8, 4) is 0 Å². The highest BCUT2D eigenvalue weighted by Crippen LogP contribution is 2.21. The third kappa shape index (κ3) is 4.86. The van der Waals surface area contributed by atoms with Crippen molar-refractivity contribution in [3.05, 3.63) is 35.4 Å². The molecule has 0 bridgehead atoms. The number of hydrogen-bond acceptors (Lipinski definition) is 5. The van der Waals surface area contributed by atoms with Gasteiger partial charge in [0.25, 0.3) is 0 Å². The smallest absolute Gasteiger partial charge is 0.337 e. The van der Waals surface area contributed by atoms with Crippen LogP contribution in [0.25, 0.3) is 0 Å². The molecular weight excluding hydrogens is 348 g/mol. The Kier molecular flexibility index (Phi) is 6.26. The molecule has 1 aromatic carbocycles. The summed E-state index contributed by atoms with van der Waals surface area (Å²) in [7, 11) is 2.96. The monoisotopic (exact) mass is 376 g/mol. The van der Waals surface area contributed by atoms with E-state index < -0.39 is 23.7 Å². The number of amides is 2. The van der Waals surface area contributed by atoms with Crippen molar-refractivity contribution in [3.63, 3.8) is 0 Å². The minimum Gasteiger partial charge on any atom is -0.465 e. The van der Waals surface area contributed by atoms with E-state index in [0.717, 1.165) is 5.56 Å². The van der Waals surface area contributed by atoms with Crippen LogP contribution in [0.5, 0.6) is 0 Å². The predicted octanol–water partition coefficient (Wildman–Crippen LogP) is 1.85. The normalized spacial score (nSPS) is 20.8. The number of rotatable bonds is 5. The molecule has 148 valence electrons. The lowest BCUT2D eigenvalue weighted by molar-refractivity contribution is -0.164. The van der Waals surface area contributed by atoms with Crippen LogP contribution in [0.15, 0.2) is 24.3 Å². The van der Waals surface area contributed by atoms with Crippen LogP contribution in [-0.4, -0.2) is 66.0 Å². The zero-order valence-electron chi connectivity index (χ0n) is 16.8. The maximum absolute atomic E-state index is 13.0. The number of carbonyl (C=O) groups is 3. The first-order valence-corrected chi connectivity index (χ1v) is 8.93. The average molecular weight is 376 g/mol. The summed E-state index contributed by atoms with van der Waals surface area (Å²) >= 11 is 0. The largest absolute Gasteiger partial charge is 0.465 e. The third-order valence-electron chi connectivity index (χ3n) is 4.61. The lowest BCUT2D eigenvalue weighted by atomic mass is 10.0. The van der Waals surface area contributed by atoms with Crippen molar-refractivity contribution in [2.45, 2.75) is 51.9 Å². The fourth-order valence-corrected chi connectivity index (χ4v) is 2.92. The molecule has 7 heteroatoms. The molecule has 2 unspecified atom stereocenters. The molecule has 0 N–H and O–H groups in total. The van der Waals surface area contributed by atoms with E-state index in [2.05, 4.69) is 4.74 Å². The molecule has 0 aromatic heterocycles. The number of methoxy groups -OCH3 is 1. The van der Waals surface area contributed by atoms with Crippen molar-refractivity contribution in [1.29, 1.82) is 0 Å². The Morgan fingerprint density at radius 1 is 1.11 bits per heavy atom. The summed E-state index contributed by atoms with van der Waals surface area (Å²) in [5.41, 5.74) is 0.865. The van der Waals surface area contributed by atoms with Gasteiger partial charge < -0.3 is 19.3 Å². The fraction of sp³-hybridized carbons (Fsp3) is 0.550. The Morgan fingerprint density at radius 3 is 2.22 bits per heavy atom. The van der Waals surface area contributed by atoms with Crippen LogP contribution in [0, 0.1) is 0 Å². The molecule has 1 aromatic rings. The summed E-state index contributed by atoms with van der Waals surface area (Å²) in [6, 6.07) is 5.60. The van der Waals surface area contributed by atoms with E-state index in [4.69, 9.17) is 4.74 Å². The fourth-order valence-electron chi connectivity index (χ4n) is 2.92. The second-order valence-corrected chi connectivity index (χ2v) is 7.72. The molecule has 1 aliphatic heterocycles. The number of esters is 1. The van der Waals surface area contributed by atoms with Crippen molar-refractivity contribution in [1.82, 2.24) is 9.80 Å². The summed E-state index contributed by atoms with van der Waals surface area (Å²) in [5, 5.41) is 0. The predicted molar refractivity (Wildman–Crippen MR) is 100 cm³/mol. The molecule has 7 nitrogen and oxygen atoms in total. The molecule has 2 rings (SSSR count). The first-order chi connectivity index (χ1) is 12.5. The summed E-state index contributed by atoms with van der Waals surface area (Å²) in [6.45, 7) is 7.88. The van der Waals surface area contributed by atoms with E-state index in [9.17, 15) is 14.4 Å². The van der Waals surface area contributed by atoms with E-state index in [-0.39, 0.29) is 25.0 Å². The van der Waals surface area contributed by atoms with E-state index in [1.807, 2.05) is 20.8 Å². The SMILES string of the molecule is COC(=O)c1ccc(CN2C(=O)C(COC(C)(C)C)N(C)C(=O)C2C)cc1. The quantitative estimate of drug-likeness (QED) is 0.733. The van der Waals surface area contributed by atoms with Gasteiger partial charge in [-0.15, -0.1) is 0 Å². The molecule has 2 amide bonds. The highest BCUT2D eigenvalue weighted by atomic mass is 16.5. The van der Waals surface area contributed by atoms with Crippen LogP contribution in [0.2, 0.25) is 0 Å². The summed E-state index contributed by atoms with van der Waals surface area (Å²) in [4.78, 5) is 40.2. The zero-order valence-corrected chi connectivity index (χ0v) is 16.8. The average Bonchev–Trinajstić information content (AvgIpc) is 2.62. The van der Waals surface area contributed by atoms with Gasteiger partial charge in [0.05, 0.1) is 24.9 Å². The first-order valence-electron chi connectivity index (χ1n) is 8.93. The van der Waals surface area contributed by atoms with E-state index in [1.54, 1.807) is 43.1 Å². The van der Waals surface area contributed by atoms with Crippen molar-refractivity contribution >= 4 is 17.8 Å². The lowest BCUT2D eigenvalue weighted by Gasteiger charge is -2.42. The number of hydrogen-bond donors (Lipinski definition) is 0. The van der Waals surface area contributed by atoms with Gasteiger partial charge >= 0.3 is 5.97 Å². The van der Waals surface area contributed by atoms with Crippen LogP contribution in [0.1, 0.15) is 43.6 Å². The van der Waals surface area contributed by atoms with Gasteiger partial charge in [-0.05, 0) is 45.4 Å². The van der Waals surface area contributed by atoms with Gasteiger partial charge in [-0.2, -0.15) is 0 Å². The number of nitrogens with zero attached hydrogens (tertiary/aromatic N) is 2. The van der Waals surface area contributed by atoms with E-state index >= 15 is 0 Å². The van der Waals surface area contributed by atoms with Gasteiger partial charge in [0.2, 0.25) is 11.8 Å². The number of piperazine rings is 1. The second-order valence-electron chi connectivity index (χ2n) is 7.72. The second kappa shape index (κ2) is 8.08. The summed E-state index contributed by atoms with van der Waals surface area (Å²) in [5.74, 6) is -0.686. The zero-order chi connectivity index (χ0) is 20.4. The molecule has 0 saturated carbocycles. The maximum Gasteiger partial charge on any atom is 0.337 e. The van der Waals surface area contributed by atoms with Crippen LogP contribution < -0.4 is 0 Å². The Balaban J connectivity index is 2.17. The van der Waals surface area contributed by atoms with Gasteiger partial charge in [0.15, 0.2) is 0 Å². The van der Waals surface area contributed by atoms with Crippen LogP contribution >= 0.6 is 0 Å². The van der Waals surface area contributed by atoms with Gasteiger partial charge in [0, 0.05) is 13.6 Å². The molecule has 0 spiro atoms. The summed E-state index contributed by atoms with van der Waals surface area (Å²) < 4.78 is 10.4. The third-order valence-corrected chi connectivity index (χ3v) is 4.61. The molecule has 1 aliphatic rings. The molecule has 27 heavy (non-hydrogen) atoms. The van der Waals surface area contributed by atoms with Crippen molar-refractivity contribution in [2.75, 3.05) is 20.8 Å². The Labute approximate surface area is 160 Å². The van der Waals surface area contributed by atoms with Crippen molar-refractivity contribution in [2.24, 2.45) is 0 Å². The molecule has 1 saturated heterocycles. The Hall–Kier alpha value is -2.41. The molecular formula is C20H28N2O5. The molecule has 1 fully saturated rings. The number of ether oxygens (including phenoxy) is 2. The van der Waals surface area contributed by atoms with Crippen molar-refractivity contribution < 1.29 is 23.9 Å². The van der Waals surface area contributed by atoms with Crippen LogP contribution in [0.3, 0.4) is 0 Å². The number of benzene rings is 1. The standard InChI is InChI=1S/C20H28N2O5/c1-13-17(23)21(5)16(12-27-20(2,3)4)18(24)22(13)11-14-7-9-15(10-8-14)19(25)26-6/h7-10,13,16H,11-12H2,1-6H3. The Bertz CT molecular complexity index is 708. The molecule has 0 radical (unpaired) electrons. The van der Waals surface area contributed by atoms with Gasteiger partial charge in [-0.1, -0.05) is 12.1 Å². The van der Waals surface area contributed by atoms with Crippen LogP contribution in [-0.2, 0) is 25.6 Å². The van der Waals surface area contributed by atoms with Gasteiger partial charge in [-0.25, -0.2) is 4.79 Å².